The largest absolute Gasteiger partial charge is 0.416 e. The van der Waals surface area contributed by atoms with Crippen LogP contribution in [0.25, 0.3) is 0 Å². The van der Waals surface area contributed by atoms with Gasteiger partial charge in [0.1, 0.15) is 0 Å². The van der Waals surface area contributed by atoms with E-state index in [1.54, 1.807) is 12.1 Å². The van der Waals surface area contributed by atoms with Gasteiger partial charge >= 0.3 is 6.18 Å². The van der Waals surface area contributed by atoms with Crippen molar-refractivity contribution in [2.75, 3.05) is 0 Å². The first-order chi connectivity index (χ1) is 10.7. The highest BCUT2D eigenvalue weighted by Crippen LogP contribution is 2.49. The number of hydrogen-bond donors (Lipinski definition) is 1. The van der Waals surface area contributed by atoms with Gasteiger partial charge in [0.2, 0.25) is 5.91 Å². The molecule has 0 heterocycles. The topological polar surface area (TPSA) is 29.1 Å². The fraction of sp³-hybridized carbons (Fsp3) is 0.500. The molecule has 1 aliphatic carbocycles. The van der Waals surface area contributed by atoms with Crippen LogP contribution in [0.1, 0.15) is 44.2 Å². The van der Waals surface area contributed by atoms with Crippen molar-refractivity contribution in [2.45, 2.75) is 45.3 Å². The van der Waals surface area contributed by atoms with Crippen molar-refractivity contribution in [3.63, 3.8) is 0 Å². The Hall–Kier alpha value is -1.78. The lowest BCUT2D eigenvalue weighted by molar-refractivity contribution is -0.137. The van der Waals surface area contributed by atoms with Crippen LogP contribution in [0.15, 0.2) is 36.4 Å². The zero-order valence-electron chi connectivity index (χ0n) is 13.5. The molecule has 5 heteroatoms. The number of benzene rings is 1. The van der Waals surface area contributed by atoms with Crippen molar-refractivity contribution in [1.82, 2.24) is 5.32 Å². The fourth-order valence-electron chi connectivity index (χ4n) is 2.41. The van der Waals surface area contributed by atoms with Crippen LogP contribution >= 0.6 is 0 Å². The summed E-state index contributed by atoms with van der Waals surface area (Å²) in [6, 6.07) is 5.53. The SMILES string of the molecule is CC(C)C(C)NC(=O)C=C[C@@H]1C[C@@H]1c1cccc(C(F)(F)F)c1. The highest BCUT2D eigenvalue weighted by atomic mass is 19.4. The first-order valence-electron chi connectivity index (χ1n) is 7.84. The summed E-state index contributed by atoms with van der Waals surface area (Å²) in [6.45, 7) is 6.00. The Kier molecular flexibility index (Phi) is 5.17. The lowest BCUT2D eigenvalue weighted by atomic mass is 10.1. The van der Waals surface area contributed by atoms with Gasteiger partial charge in [-0.25, -0.2) is 0 Å². The van der Waals surface area contributed by atoms with Crippen molar-refractivity contribution in [3.05, 3.63) is 47.5 Å². The molecule has 0 spiro atoms. The van der Waals surface area contributed by atoms with Gasteiger partial charge in [0.15, 0.2) is 0 Å². The first kappa shape index (κ1) is 17.6. The summed E-state index contributed by atoms with van der Waals surface area (Å²) in [6.07, 6.45) is -0.238. The Bertz CT molecular complexity index is 592. The number of nitrogens with one attached hydrogen (secondary N) is 1. The van der Waals surface area contributed by atoms with Gasteiger partial charge in [0.25, 0.3) is 0 Å². The van der Waals surface area contributed by atoms with Crippen LogP contribution in [-0.2, 0) is 11.0 Å². The third kappa shape index (κ3) is 4.85. The molecule has 0 bridgehead atoms. The van der Waals surface area contributed by atoms with Crippen LogP contribution in [-0.4, -0.2) is 11.9 Å². The summed E-state index contributed by atoms with van der Waals surface area (Å²) in [5.41, 5.74) is 0.0681. The second kappa shape index (κ2) is 6.77. The predicted molar refractivity (Wildman–Crippen MR) is 83.9 cm³/mol. The third-order valence-electron chi connectivity index (χ3n) is 4.35. The standard InChI is InChI=1S/C18H22F3NO/c1-11(2)12(3)22-17(23)8-7-14-10-16(14)13-5-4-6-15(9-13)18(19,20)21/h4-9,11-12,14,16H,10H2,1-3H3,(H,22,23)/t12?,14-,16-/m1/s1. The molecular weight excluding hydrogens is 303 g/mol. The van der Waals surface area contributed by atoms with E-state index in [9.17, 15) is 18.0 Å². The van der Waals surface area contributed by atoms with E-state index < -0.39 is 11.7 Å². The summed E-state index contributed by atoms with van der Waals surface area (Å²) < 4.78 is 38.2. The van der Waals surface area contributed by atoms with E-state index in [2.05, 4.69) is 5.32 Å². The molecule has 2 rings (SSSR count). The number of halogens is 3. The molecule has 1 fully saturated rings. The quantitative estimate of drug-likeness (QED) is 0.792. The Balaban J connectivity index is 1.93. The summed E-state index contributed by atoms with van der Waals surface area (Å²) >= 11 is 0. The van der Waals surface area contributed by atoms with Crippen molar-refractivity contribution in [1.29, 1.82) is 0 Å². The van der Waals surface area contributed by atoms with Gasteiger partial charge in [-0.05, 0) is 48.8 Å². The number of alkyl halides is 3. The summed E-state index contributed by atoms with van der Waals surface area (Å²) in [7, 11) is 0. The maximum Gasteiger partial charge on any atom is 0.416 e. The Morgan fingerprint density at radius 3 is 2.61 bits per heavy atom. The van der Waals surface area contributed by atoms with Gasteiger partial charge in [-0.3, -0.25) is 4.79 Å². The molecule has 23 heavy (non-hydrogen) atoms. The smallest absolute Gasteiger partial charge is 0.350 e. The third-order valence-corrected chi connectivity index (χ3v) is 4.35. The molecule has 0 radical (unpaired) electrons. The molecule has 1 saturated carbocycles. The van der Waals surface area contributed by atoms with Gasteiger partial charge in [-0.15, -0.1) is 0 Å². The van der Waals surface area contributed by atoms with Crippen LogP contribution in [0.5, 0.6) is 0 Å². The molecule has 1 amide bonds. The zero-order valence-corrected chi connectivity index (χ0v) is 13.5. The molecule has 0 saturated heterocycles. The van der Waals surface area contributed by atoms with Gasteiger partial charge in [0.05, 0.1) is 5.56 Å². The minimum absolute atomic E-state index is 0.0730. The van der Waals surface area contributed by atoms with E-state index in [0.29, 0.717) is 11.5 Å². The van der Waals surface area contributed by atoms with Crippen LogP contribution < -0.4 is 5.32 Å². The van der Waals surface area contributed by atoms with Crippen LogP contribution in [0.4, 0.5) is 13.2 Å². The molecule has 3 atom stereocenters. The summed E-state index contributed by atoms with van der Waals surface area (Å²) in [4.78, 5) is 11.8. The number of amides is 1. The molecular formula is C18H22F3NO. The molecule has 126 valence electrons. The summed E-state index contributed by atoms with van der Waals surface area (Å²) in [5, 5.41) is 2.87. The maximum atomic E-state index is 12.7. The van der Waals surface area contributed by atoms with Gasteiger partial charge < -0.3 is 5.32 Å². The van der Waals surface area contributed by atoms with E-state index >= 15 is 0 Å². The molecule has 0 aliphatic heterocycles. The van der Waals surface area contributed by atoms with Crippen molar-refractivity contribution in [2.24, 2.45) is 11.8 Å². The minimum atomic E-state index is -4.32. The molecule has 1 N–H and O–H groups in total. The monoisotopic (exact) mass is 325 g/mol. The van der Waals surface area contributed by atoms with Crippen molar-refractivity contribution in [3.8, 4) is 0 Å². The number of carbonyl (C=O) groups is 1. The highest BCUT2D eigenvalue weighted by Gasteiger charge is 2.38. The van der Waals surface area contributed by atoms with Crippen molar-refractivity contribution >= 4 is 5.91 Å². The number of hydrogen-bond acceptors (Lipinski definition) is 1. The number of rotatable bonds is 5. The number of allylic oxidation sites excluding steroid dienone is 1. The first-order valence-corrected chi connectivity index (χ1v) is 7.84. The van der Waals surface area contributed by atoms with Crippen LogP contribution in [0.2, 0.25) is 0 Å². The number of carbonyl (C=O) groups excluding carboxylic acids is 1. The van der Waals surface area contributed by atoms with E-state index in [1.807, 2.05) is 20.8 Å². The average Bonchev–Trinajstić information content (AvgIpc) is 3.24. The van der Waals surface area contributed by atoms with Gasteiger partial charge in [0, 0.05) is 6.04 Å². The Morgan fingerprint density at radius 1 is 1.30 bits per heavy atom. The Labute approximate surface area is 134 Å². The highest BCUT2D eigenvalue weighted by molar-refractivity contribution is 5.87. The molecule has 2 nitrogen and oxygen atoms in total. The van der Waals surface area contributed by atoms with Gasteiger partial charge in [-0.2, -0.15) is 13.2 Å². The molecule has 1 unspecified atom stereocenters. The maximum absolute atomic E-state index is 12.7. The molecule has 1 aromatic rings. The van der Waals surface area contributed by atoms with Crippen LogP contribution in [0.3, 0.4) is 0 Å². The normalized spacial score (nSPS) is 22.4. The second-order valence-corrected chi connectivity index (χ2v) is 6.53. The lowest BCUT2D eigenvalue weighted by Crippen LogP contribution is -2.34. The molecule has 1 aromatic carbocycles. The van der Waals surface area contributed by atoms with E-state index in [0.717, 1.165) is 12.5 Å². The molecule has 1 aliphatic rings. The van der Waals surface area contributed by atoms with Crippen molar-refractivity contribution < 1.29 is 18.0 Å². The van der Waals surface area contributed by atoms with E-state index in [-0.39, 0.29) is 23.8 Å². The Morgan fingerprint density at radius 2 is 2.00 bits per heavy atom. The molecule has 0 aromatic heterocycles. The van der Waals surface area contributed by atoms with E-state index in [1.165, 1.54) is 18.2 Å². The van der Waals surface area contributed by atoms with E-state index in [4.69, 9.17) is 0 Å². The fourth-order valence-corrected chi connectivity index (χ4v) is 2.41. The second-order valence-electron chi connectivity index (χ2n) is 6.53. The van der Waals surface area contributed by atoms with Crippen LogP contribution in [0, 0.1) is 11.8 Å². The lowest BCUT2D eigenvalue weighted by Gasteiger charge is -2.15. The summed E-state index contributed by atoms with van der Waals surface area (Å²) in [5.74, 6) is 0.412. The average molecular weight is 325 g/mol. The zero-order chi connectivity index (χ0) is 17.2. The minimum Gasteiger partial charge on any atom is -0.350 e. The van der Waals surface area contributed by atoms with Gasteiger partial charge in [-0.1, -0.05) is 38.1 Å². The predicted octanol–water partition coefficient (Wildman–Crippen LogP) is 4.53.